The highest BCUT2D eigenvalue weighted by Gasteiger charge is 2.36. The molecule has 0 amide bonds. The number of aliphatic hydroxyl groups is 1. The van der Waals surface area contributed by atoms with Crippen molar-refractivity contribution >= 4 is 12.6 Å². The van der Waals surface area contributed by atoms with E-state index in [1.807, 2.05) is 6.92 Å². The lowest BCUT2D eigenvalue weighted by Crippen LogP contribution is -2.42. The van der Waals surface area contributed by atoms with Crippen LogP contribution in [0.3, 0.4) is 0 Å². The Labute approximate surface area is 81.0 Å². The molecule has 0 aliphatic heterocycles. The van der Waals surface area contributed by atoms with Gasteiger partial charge in [0.1, 0.15) is 0 Å². The molecule has 1 fully saturated rings. The van der Waals surface area contributed by atoms with Crippen LogP contribution in [0.1, 0.15) is 40.0 Å². The van der Waals surface area contributed by atoms with Crippen molar-refractivity contribution in [2.75, 3.05) is 0 Å². The Bertz CT molecular complexity index is 154. The van der Waals surface area contributed by atoms with Gasteiger partial charge < -0.3 is 5.11 Å². The lowest BCUT2D eigenvalue weighted by molar-refractivity contribution is 0.00903. The van der Waals surface area contributed by atoms with E-state index in [4.69, 9.17) is 0 Å². The topological polar surface area (TPSA) is 20.2 Å². The summed E-state index contributed by atoms with van der Waals surface area (Å²) in [6.07, 6.45) is 3.12. The van der Waals surface area contributed by atoms with Crippen molar-refractivity contribution in [1.82, 2.24) is 0 Å². The summed E-state index contributed by atoms with van der Waals surface area (Å²) in [6, 6.07) is 0. The fourth-order valence-electron chi connectivity index (χ4n) is 1.91. The molecule has 1 N–H and O–H groups in total. The van der Waals surface area contributed by atoms with Crippen LogP contribution in [-0.4, -0.2) is 16.0 Å². The Morgan fingerprint density at radius 3 is 2.50 bits per heavy atom. The molecule has 0 spiro atoms. The van der Waals surface area contributed by atoms with Gasteiger partial charge in [0.2, 0.25) is 0 Å². The summed E-state index contributed by atoms with van der Waals surface area (Å²) in [4.78, 5) is 0. The molecule has 1 aliphatic carbocycles. The van der Waals surface area contributed by atoms with E-state index in [2.05, 4.69) is 26.5 Å². The maximum atomic E-state index is 9.87. The first kappa shape index (κ1) is 10.4. The third-order valence-electron chi connectivity index (χ3n) is 3.21. The molecular formula is C10H20OS. The van der Waals surface area contributed by atoms with E-state index in [-0.39, 0.29) is 5.25 Å². The Morgan fingerprint density at radius 2 is 2.08 bits per heavy atom. The van der Waals surface area contributed by atoms with Gasteiger partial charge in [-0.15, -0.1) is 0 Å². The van der Waals surface area contributed by atoms with Gasteiger partial charge in [-0.3, -0.25) is 0 Å². The number of hydrogen-bond donors (Lipinski definition) is 2. The summed E-state index contributed by atoms with van der Waals surface area (Å²) in [5.41, 5.74) is -0.533. The largest absolute Gasteiger partial charge is 0.389 e. The molecule has 3 atom stereocenters. The van der Waals surface area contributed by atoms with Crippen molar-refractivity contribution in [2.45, 2.75) is 50.9 Å². The van der Waals surface area contributed by atoms with E-state index in [1.165, 1.54) is 0 Å². The average Bonchev–Trinajstić information content (AvgIpc) is 1.94. The van der Waals surface area contributed by atoms with Crippen LogP contribution >= 0.6 is 12.6 Å². The predicted molar refractivity (Wildman–Crippen MR) is 55.6 cm³/mol. The van der Waals surface area contributed by atoms with Crippen molar-refractivity contribution < 1.29 is 5.11 Å². The minimum Gasteiger partial charge on any atom is -0.389 e. The molecule has 0 aromatic heterocycles. The van der Waals surface area contributed by atoms with Crippen LogP contribution in [0.5, 0.6) is 0 Å². The molecule has 72 valence electrons. The first-order valence-corrected chi connectivity index (χ1v) is 5.35. The molecule has 0 saturated heterocycles. The minimum atomic E-state index is -0.533. The maximum absolute atomic E-state index is 9.87. The second-order valence-corrected chi connectivity index (χ2v) is 5.27. The summed E-state index contributed by atoms with van der Waals surface area (Å²) in [5, 5.41) is 10.0. The SMILES string of the molecule is CC(C)[C@H]1CC[C@@](C)(O)[C@H](S)C1. The highest BCUT2D eigenvalue weighted by molar-refractivity contribution is 7.81. The molecule has 1 nitrogen and oxygen atoms in total. The van der Waals surface area contributed by atoms with E-state index in [9.17, 15) is 5.11 Å². The summed E-state index contributed by atoms with van der Waals surface area (Å²) >= 11 is 4.45. The van der Waals surface area contributed by atoms with Crippen molar-refractivity contribution in [3.8, 4) is 0 Å². The molecule has 12 heavy (non-hydrogen) atoms. The van der Waals surface area contributed by atoms with E-state index >= 15 is 0 Å². The number of thiol groups is 1. The fourth-order valence-corrected chi connectivity index (χ4v) is 2.31. The first-order chi connectivity index (χ1) is 5.43. The first-order valence-electron chi connectivity index (χ1n) is 4.84. The molecule has 0 aromatic rings. The normalized spacial score (nSPS) is 43.5. The monoisotopic (exact) mass is 188 g/mol. The fraction of sp³-hybridized carbons (Fsp3) is 1.00. The number of rotatable bonds is 1. The van der Waals surface area contributed by atoms with Gasteiger partial charge in [-0.25, -0.2) is 0 Å². The molecule has 0 aromatic carbocycles. The molecular weight excluding hydrogens is 168 g/mol. The highest BCUT2D eigenvalue weighted by Crippen LogP contribution is 2.38. The van der Waals surface area contributed by atoms with Crippen LogP contribution in [-0.2, 0) is 0 Å². The molecule has 1 aliphatic rings. The van der Waals surface area contributed by atoms with Gasteiger partial charge >= 0.3 is 0 Å². The van der Waals surface area contributed by atoms with Gasteiger partial charge in [-0.1, -0.05) is 13.8 Å². The van der Waals surface area contributed by atoms with Gasteiger partial charge in [0.15, 0.2) is 0 Å². The van der Waals surface area contributed by atoms with Crippen molar-refractivity contribution in [3.05, 3.63) is 0 Å². The van der Waals surface area contributed by atoms with Gasteiger partial charge in [0.25, 0.3) is 0 Å². The zero-order valence-corrected chi connectivity index (χ0v) is 9.14. The van der Waals surface area contributed by atoms with Crippen molar-refractivity contribution in [3.63, 3.8) is 0 Å². The molecule has 0 heterocycles. The van der Waals surface area contributed by atoms with E-state index < -0.39 is 5.60 Å². The molecule has 1 saturated carbocycles. The Kier molecular flexibility index (Phi) is 3.11. The number of hydrogen-bond acceptors (Lipinski definition) is 2. The smallest absolute Gasteiger partial charge is 0.0735 e. The van der Waals surface area contributed by atoms with Gasteiger partial charge in [-0.05, 0) is 38.0 Å². The summed E-state index contributed by atoms with van der Waals surface area (Å²) in [6.45, 7) is 6.41. The second-order valence-electron chi connectivity index (χ2n) is 4.65. The zero-order chi connectivity index (χ0) is 9.35. The van der Waals surface area contributed by atoms with Gasteiger partial charge in [0, 0.05) is 5.25 Å². The Hall–Kier alpha value is 0.310. The summed E-state index contributed by atoms with van der Waals surface area (Å²) in [5.74, 6) is 1.49. The molecule has 0 bridgehead atoms. The third-order valence-corrected chi connectivity index (χ3v) is 3.98. The highest BCUT2D eigenvalue weighted by atomic mass is 32.1. The molecule has 0 radical (unpaired) electrons. The zero-order valence-electron chi connectivity index (χ0n) is 8.25. The average molecular weight is 188 g/mol. The van der Waals surface area contributed by atoms with E-state index in [0.29, 0.717) is 0 Å². The maximum Gasteiger partial charge on any atom is 0.0735 e. The molecule has 1 rings (SSSR count). The minimum absolute atomic E-state index is 0.165. The van der Waals surface area contributed by atoms with Gasteiger partial charge in [0.05, 0.1) is 5.60 Å². The summed E-state index contributed by atoms with van der Waals surface area (Å²) in [7, 11) is 0. The second kappa shape index (κ2) is 3.59. The Balaban J connectivity index is 2.52. The van der Waals surface area contributed by atoms with Crippen LogP contribution in [0.25, 0.3) is 0 Å². The van der Waals surface area contributed by atoms with Crippen molar-refractivity contribution in [1.29, 1.82) is 0 Å². The Morgan fingerprint density at radius 1 is 1.50 bits per heavy atom. The van der Waals surface area contributed by atoms with E-state index in [0.717, 1.165) is 31.1 Å². The summed E-state index contributed by atoms with van der Waals surface area (Å²) < 4.78 is 0. The lowest BCUT2D eigenvalue weighted by Gasteiger charge is -2.39. The van der Waals surface area contributed by atoms with Crippen molar-refractivity contribution in [2.24, 2.45) is 11.8 Å². The van der Waals surface area contributed by atoms with Crippen LogP contribution in [0.15, 0.2) is 0 Å². The quantitative estimate of drug-likeness (QED) is 0.606. The van der Waals surface area contributed by atoms with Crippen LogP contribution < -0.4 is 0 Å². The predicted octanol–water partition coefficient (Wildman–Crippen LogP) is 2.49. The molecule has 0 unspecified atom stereocenters. The molecule has 2 heteroatoms. The van der Waals surface area contributed by atoms with Crippen LogP contribution in [0.4, 0.5) is 0 Å². The third kappa shape index (κ3) is 2.17. The van der Waals surface area contributed by atoms with Crippen LogP contribution in [0.2, 0.25) is 0 Å². The van der Waals surface area contributed by atoms with Crippen LogP contribution in [0, 0.1) is 11.8 Å². The standard InChI is InChI=1S/C10H20OS/c1-7(2)8-4-5-10(3,11)9(12)6-8/h7-9,11-12H,4-6H2,1-3H3/t8-,9+,10+/m0/s1. The lowest BCUT2D eigenvalue weighted by atomic mass is 9.75. The van der Waals surface area contributed by atoms with E-state index in [1.54, 1.807) is 0 Å². The van der Waals surface area contributed by atoms with Gasteiger partial charge in [-0.2, -0.15) is 12.6 Å².